The summed E-state index contributed by atoms with van der Waals surface area (Å²) >= 11 is 0. The van der Waals surface area contributed by atoms with Crippen LogP contribution in [0.1, 0.15) is 30.3 Å². The Morgan fingerprint density at radius 1 is 1.41 bits per heavy atom. The van der Waals surface area contributed by atoms with Crippen molar-refractivity contribution in [2.45, 2.75) is 25.8 Å². The summed E-state index contributed by atoms with van der Waals surface area (Å²) in [5, 5.41) is 4.13. The fourth-order valence-corrected chi connectivity index (χ4v) is 2.19. The first-order valence-electron chi connectivity index (χ1n) is 6.12. The number of H-pyrrole nitrogens is 1. The molecule has 1 saturated carbocycles. The molecule has 0 bridgehead atoms. The molecule has 2 N–H and O–H groups in total. The number of carbonyl (C=O) groups is 1. The van der Waals surface area contributed by atoms with Gasteiger partial charge in [0.2, 0.25) is 0 Å². The Morgan fingerprint density at radius 3 is 2.88 bits per heavy atom. The smallest absolute Gasteiger partial charge is 0.267 e. The summed E-state index contributed by atoms with van der Waals surface area (Å²) in [5.74, 6) is 0.684. The standard InChI is InChI=1S/C14H16N2O/c1-9(10-6-7-10)15-14(17)13-8-11-4-2-3-5-12(11)16-13/h2-5,8-10,16H,6-7H2,1H3,(H,15,17). The summed E-state index contributed by atoms with van der Waals surface area (Å²) in [5.41, 5.74) is 1.66. The molecule has 1 heterocycles. The van der Waals surface area contributed by atoms with Crippen LogP contribution in [0.3, 0.4) is 0 Å². The van der Waals surface area contributed by atoms with Crippen molar-refractivity contribution in [1.82, 2.24) is 10.3 Å². The molecule has 0 radical (unpaired) electrons. The molecule has 1 atom stereocenters. The van der Waals surface area contributed by atoms with Crippen LogP contribution >= 0.6 is 0 Å². The summed E-state index contributed by atoms with van der Waals surface area (Å²) < 4.78 is 0. The molecule has 1 amide bonds. The Hall–Kier alpha value is -1.77. The van der Waals surface area contributed by atoms with Gasteiger partial charge in [-0.05, 0) is 37.8 Å². The molecule has 0 aliphatic heterocycles. The molecular formula is C14H16N2O. The number of aromatic nitrogens is 1. The number of benzene rings is 1. The summed E-state index contributed by atoms with van der Waals surface area (Å²) in [4.78, 5) is 15.2. The summed E-state index contributed by atoms with van der Waals surface area (Å²) in [6, 6.07) is 10.1. The molecule has 17 heavy (non-hydrogen) atoms. The SMILES string of the molecule is CC(NC(=O)c1cc2ccccc2[nH]1)C1CC1. The number of amides is 1. The normalized spacial score (nSPS) is 17.0. The Kier molecular flexibility index (Phi) is 2.39. The van der Waals surface area contributed by atoms with Crippen LogP contribution in [0.5, 0.6) is 0 Å². The van der Waals surface area contributed by atoms with Gasteiger partial charge in [0.05, 0.1) is 0 Å². The highest BCUT2D eigenvalue weighted by Gasteiger charge is 2.29. The zero-order valence-corrected chi connectivity index (χ0v) is 9.86. The molecule has 1 unspecified atom stereocenters. The van der Waals surface area contributed by atoms with E-state index in [2.05, 4.69) is 17.2 Å². The molecule has 3 nitrogen and oxygen atoms in total. The third-order valence-corrected chi connectivity index (χ3v) is 3.46. The molecule has 1 aliphatic carbocycles. The number of nitrogens with one attached hydrogen (secondary N) is 2. The number of aromatic amines is 1. The molecular weight excluding hydrogens is 212 g/mol. The maximum absolute atomic E-state index is 12.0. The lowest BCUT2D eigenvalue weighted by Gasteiger charge is -2.11. The minimum Gasteiger partial charge on any atom is -0.351 e. The van der Waals surface area contributed by atoms with Gasteiger partial charge in [0.15, 0.2) is 0 Å². The average molecular weight is 228 g/mol. The fraction of sp³-hybridized carbons (Fsp3) is 0.357. The number of rotatable bonds is 3. The second-order valence-electron chi connectivity index (χ2n) is 4.87. The molecule has 1 aromatic carbocycles. The lowest BCUT2D eigenvalue weighted by Crippen LogP contribution is -2.34. The monoisotopic (exact) mass is 228 g/mol. The molecule has 0 spiro atoms. The van der Waals surface area contributed by atoms with Crippen molar-refractivity contribution in [3.05, 3.63) is 36.0 Å². The highest BCUT2D eigenvalue weighted by molar-refractivity contribution is 5.98. The van der Waals surface area contributed by atoms with Crippen molar-refractivity contribution in [3.8, 4) is 0 Å². The quantitative estimate of drug-likeness (QED) is 0.833. The van der Waals surface area contributed by atoms with E-state index in [1.54, 1.807) is 0 Å². The van der Waals surface area contributed by atoms with Crippen LogP contribution in [0, 0.1) is 5.92 Å². The number of hydrogen-bond donors (Lipinski definition) is 2. The molecule has 0 saturated heterocycles. The largest absolute Gasteiger partial charge is 0.351 e. The lowest BCUT2D eigenvalue weighted by atomic mass is 10.2. The van der Waals surface area contributed by atoms with E-state index in [1.165, 1.54) is 12.8 Å². The maximum atomic E-state index is 12.0. The topological polar surface area (TPSA) is 44.9 Å². The van der Waals surface area contributed by atoms with Gasteiger partial charge < -0.3 is 10.3 Å². The van der Waals surface area contributed by atoms with Gasteiger partial charge in [0.1, 0.15) is 5.69 Å². The Bertz CT molecular complexity index is 521. The minimum absolute atomic E-state index is 0.000556. The first-order valence-corrected chi connectivity index (χ1v) is 6.12. The van der Waals surface area contributed by atoms with Crippen LogP contribution < -0.4 is 5.32 Å². The first-order chi connectivity index (χ1) is 8.24. The van der Waals surface area contributed by atoms with Crippen molar-refractivity contribution in [3.63, 3.8) is 0 Å². The van der Waals surface area contributed by atoms with Crippen LogP contribution in [-0.4, -0.2) is 16.9 Å². The molecule has 88 valence electrons. The fourth-order valence-electron chi connectivity index (χ4n) is 2.19. The van der Waals surface area contributed by atoms with E-state index < -0.39 is 0 Å². The van der Waals surface area contributed by atoms with Crippen LogP contribution in [0.2, 0.25) is 0 Å². The number of carbonyl (C=O) groups excluding carboxylic acids is 1. The van der Waals surface area contributed by atoms with Crippen molar-refractivity contribution < 1.29 is 4.79 Å². The van der Waals surface area contributed by atoms with E-state index in [-0.39, 0.29) is 11.9 Å². The van der Waals surface area contributed by atoms with Gasteiger partial charge in [-0.1, -0.05) is 18.2 Å². The lowest BCUT2D eigenvalue weighted by molar-refractivity contribution is 0.0931. The Labute approximate surface area is 100 Å². The summed E-state index contributed by atoms with van der Waals surface area (Å²) in [6.45, 7) is 2.08. The molecule has 1 aliphatic rings. The Morgan fingerprint density at radius 2 is 2.18 bits per heavy atom. The van der Waals surface area contributed by atoms with E-state index in [1.807, 2.05) is 30.3 Å². The van der Waals surface area contributed by atoms with Crippen molar-refractivity contribution in [2.24, 2.45) is 5.92 Å². The number of para-hydroxylation sites is 1. The van der Waals surface area contributed by atoms with Crippen LogP contribution in [0.4, 0.5) is 0 Å². The van der Waals surface area contributed by atoms with Crippen LogP contribution in [0.25, 0.3) is 10.9 Å². The minimum atomic E-state index is 0.000556. The molecule has 2 aromatic rings. The highest BCUT2D eigenvalue weighted by atomic mass is 16.1. The van der Waals surface area contributed by atoms with E-state index in [4.69, 9.17) is 0 Å². The predicted octanol–water partition coefficient (Wildman–Crippen LogP) is 2.70. The molecule has 3 heteroatoms. The van der Waals surface area contributed by atoms with Gasteiger partial charge in [-0.2, -0.15) is 0 Å². The number of fused-ring (bicyclic) bond motifs is 1. The molecule has 1 aromatic heterocycles. The summed E-state index contributed by atoms with van der Waals surface area (Å²) in [7, 11) is 0. The first kappa shape index (κ1) is 10.4. The van der Waals surface area contributed by atoms with Crippen LogP contribution in [0.15, 0.2) is 30.3 Å². The van der Waals surface area contributed by atoms with Gasteiger partial charge >= 0.3 is 0 Å². The van der Waals surface area contributed by atoms with Gasteiger partial charge in [-0.3, -0.25) is 4.79 Å². The van der Waals surface area contributed by atoms with E-state index in [9.17, 15) is 4.79 Å². The maximum Gasteiger partial charge on any atom is 0.267 e. The van der Waals surface area contributed by atoms with Gasteiger partial charge in [-0.25, -0.2) is 0 Å². The van der Waals surface area contributed by atoms with E-state index >= 15 is 0 Å². The molecule has 3 rings (SSSR count). The zero-order valence-electron chi connectivity index (χ0n) is 9.86. The predicted molar refractivity (Wildman–Crippen MR) is 68.0 cm³/mol. The van der Waals surface area contributed by atoms with E-state index in [0.717, 1.165) is 10.9 Å². The van der Waals surface area contributed by atoms with Crippen molar-refractivity contribution in [1.29, 1.82) is 0 Å². The molecule has 1 fully saturated rings. The van der Waals surface area contributed by atoms with Gasteiger partial charge in [-0.15, -0.1) is 0 Å². The average Bonchev–Trinajstić information content (AvgIpc) is 3.08. The van der Waals surface area contributed by atoms with Crippen LogP contribution in [-0.2, 0) is 0 Å². The summed E-state index contributed by atoms with van der Waals surface area (Å²) in [6.07, 6.45) is 2.49. The van der Waals surface area contributed by atoms with Crippen molar-refractivity contribution >= 4 is 16.8 Å². The number of hydrogen-bond acceptors (Lipinski definition) is 1. The van der Waals surface area contributed by atoms with E-state index in [0.29, 0.717) is 11.6 Å². The Balaban J connectivity index is 1.80. The van der Waals surface area contributed by atoms with Gasteiger partial charge in [0, 0.05) is 16.9 Å². The zero-order chi connectivity index (χ0) is 11.8. The second-order valence-corrected chi connectivity index (χ2v) is 4.87. The second kappa shape index (κ2) is 3.91. The van der Waals surface area contributed by atoms with Gasteiger partial charge in [0.25, 0.3) is 5.91 Å². The van der Waals surface area contributed by atoms with Crippen molar-refractivity contribution in [2.75, 3.05) is 0 Å². The highest BCUT2D eigenvalue weighted by Crippen LogP contribution is 2.32. The third kappa shape index (κ3) is 2.05. The third-order valence-electron chi connectivity index (χ3n) is 3.46.